The molecule has 0 fully saturated rings. The van der Waals surface area contributed by atoms with Crippen LogP contribution in [0.15, 0.2) is 18.0 Å². The maximum absolute atomic E-state index is 4.55. The van der Waals surface area contributed by atoms with Crippen LogP contribution in [0.3, 0.4) is 0 Å². The smallest absolute Gasteiger partial charge is 0.115 e. The topological polar surface area (TPSA) is 38.7 Å². The third-order valence-electron chi connectivity index (χ3n) is 4.65. The van der Waals surface area contributed by atoms with Crippen LogP contribution in [0, 0.1) is 5.92 Å². The third kappa shape index (κ3) is 1.98. The van der Waals surface area contributed by atoms with Crippen molar-refractivity contribution in [3.8, 4) is 0 Å². The predicted molar refractivity (Wildman–Crippen MR) is 75.3 cm³/mol. The van der Waals surface area contributed by atoms with Crippen molar-refractivity contribution in [2.45, 2.75) is 44.4 Å². The van der Waals surface area contributed by atoms with Gasteiger partial charge in [0.1, 0.15) is 6.33 Å². The number of thiazole rings is 1. The number of hydrogen-bond acceptors (Lipinski definition) is 4. The van der Waals surface area contributed by atoms with Gasteiger partial charge in [0.2, 0.25) is 0 Å². The lowest BCUT2D eigenvalue weighted by Gasteiger charge is -2.33. The van der Waals surface area contributed by atoms with Crippen LogP contribution in [-0.4, -0.2) is 15.0 Å². The molecule has 0 radical (unpaired) electrons. The largest absolute Gasteiger partial charge is 0.249 e. The highest BCUT2D eigenvalue weighted by atomic mass is 32.1. The van der Waals surface area contributed by atoms with Gasteiger partial charge in [-0.05, 0) is 55.9 Å². The molecule has 0 spiro atoms. The molecule has 0 amide bonds. The van der Waals surface area contributed by atoms with E-state index in [1.807, 2.05) is 16.8 Å². The highest BCUT2D eigenvalue weighted by Gasteiger charge is 2.32. The van der Waals surface area contributed by atoms with E-state index in [4.69, 9.17) is 0 Å². The SMILES string of the molecule is c1ncc2c(n1)CCCC2C1CCc2scnc2C1. The summed E-state index contributed by atoms with van der Waals surface area (Å²) in [5.41, 5.74) is 6.06. The number of nitrogens with zero attached hydrogens (tertiary/aromatic N) is 3. The quantitative estimate of drug-likeness (QED) is 0.799. The zero-order chi connectivity index (χ0) is 12.7. The van der Waals surface area contributed by atoms with Crippen LogP contribution in [0.4, 0.5) is 0 Å². The number of hydrogen-bond donors (Lipinski definition) is 0. The maximum Gasteiger partial charge on any atom is 0.115 e. The van der Waals surface area contributed by atoms with Crippen LogP contribution < -0.4 is 0 Å². The number of rotatable bonds is 1. The monoisotopic (exact) mass is 271 g/mol. The van der Waals surface area contributed by atoms with Gasteiger partial charge in [0.25, 0.3) is 0 Å². The molecule has 0 bridgehead atoms. The van der Waals surface area contributed by atoms with E-state index in [1.54, 1.807) is 6.33 Å². The second-order valence-corrected chi connectivity index (χ2v) is 6.59. The summed E-state index contributed by atoms with van der Waals surface area (Å²) in [5.74, 6) is 1.39. The van der Waals surface area contributed by atoms with Crippen LogP contribution >= 0.6 is 11.3 Å². The lowest BCUT2D eigenvalue weighted by Crippen LogP contribution is -2.24. The van der Waals surface area contributed by atoms with Crippen molar-refractivity contribution in [2.75, 3.05) is 0 Å². The van der Waals surface area contributed by atoms with Crippen molar-refractivity contribution in [1.29, 1.82) is 0 Å². The first-order chi connectivity index (χ1) is 9.42. The first-order valence-electron chi connectivity index (χ1n) is 7.12. The van der Waals surface area contributed by atoms with Crippen LogP contribution in [0.2, 0.25) is 0 Å². The fourth-order valence-corrected chi connectivity index (χ4v) is 4.51. The highest BCUT2D eigenvalue weighted by Crippen LogP contribution is 2.41. The van der Waals surface area contributed by atoms with Crippen molar-refractivity contribution in [1.82, 2.24) is 15.0 Å². The van der Waals surface area contributed by atoms with E-state index < -0.39 is 0 Å². The molecule has 98 valence electrons. The van der Waals surface area contributed by atoms with Gasteiger partial charge >= 0.3 is 0 Å². The van der Waals surface area contributed by atoms with Crippen molar-refractivity contribution >= 4 is 11.3 Å². The van der Waals surface area contributed by atoms with E-state index in [0.717, 1.165) is 18.8 Å². The summed E-state index contributed by atoms with van der Waals surface area (Å²) in [6, 6.07) is 0. The Morgan fingerprint density at radius 1 is 1.11 bits per heavy atom. The van der Waals surface area contributed by atoms with E-state index in [-0.39, 0.29) is 0 Å². The van der Waals surface area contributed by atoms with E-state index in [2.05, 4.69) is 21.1 Å². The molecule has 2 atom stereocenters. The average molecular weight is 271 g/mol. The van der Waals surface area contributed by atoms with E-state index in [0.29, 0.717) is 5.92 Å². The summed E-state index contributed by atoms with van der Waals surface area (Å²) in [4.78, 5) is 14.8. The Balaban J connectivity index is 1.65. The van der Waals surface area contributed by atoms with Gasteiger partial charge in [-0.2, -0.15) is 0 Å². The van der Waals surface area contributed by atoms with Crippen molar-refractivity contribution < 1.29 is 0 Å². The Labute approximate surface area is 117 Å². The minimum Gasteiger partial charge on any atom is -0.249 e. The maximum atomic E-state index is 4.55. The minimum atomic E-state index is 0.653. The number of aromatic nitrogens is 3. The number of fused-ring (bicyclic) bond motifs is 2. The van der Waals surface area contributed by atoms with E-state index in [9.17, 15) is 0 Å². The molecule has 2 aromatic rings. The molecule has 0 N–H and O–H groups in total. The van der Waals surface area contributed by atoms with E-state index >= 15 is 0 Å². The van der Waals surface area contributed by atoms with Gasteiger partial charge in [0.05, 0.1) is 11.2 Å². The van der Waals surface area contributed by atoms with Crippen molar-refractivity contribution in [2.24, 2.45) is 5.92 Å². The van der Waals surface area contributed by atoms with Gasteiger partial charge in [0.15, 0.2) is 0 Å². The summed E-state index contributed by atoms with van der Waals surface area (Å²) in [6.45, 7) is 0. The third-order valence-corrected chi connectivity index (χ3v) is 5.58. The lowest BCUT2D eigenvalue weighted by molar-refractivity contribution is 0.338. The Bertz CT molecular complexity index is 593. The molecule has 0 aliphatic heterocycles. The normalized spacial score (nSPS) is 25.7. The van der Waals surface area contributed by atoms with Gasteiger partial charge in [0, 0.05) is 16.8 Å². The van der Waals surface area contributed by atoms with Gasteiger partial charge in [-0.15, -0.1) is 11.3 Å². The molecule has 0 saturated carbocycles. The second kappa shape index (κ2) is 4.67. The number of aryl methyl sites for hydroxylation is 2. The molecule has 2 unspecified atom stereocenters. The summed E-state index contributed by atoms with van der Waals surface area (Å²) >= 11 is 1.82. The van der Waals surface area contributed by atoms with Crippen LogP contribution in [-0.2, 0) is 19.3 Å². The second-order valence-electron chi connectivity index (χ2n) is 5.65. The lowest BCUT2D eigenvalue weighted by atomic mass is 9.72. The molecule has 2 aliphatic rings. The fourth-order valence-electron chi connectivity index (χ4n) is 3.69. The summed E-state index contributed by atoms with van der Waals surface area (Å²) in [5, 5.41) is 0. The Morgan fingerprint density at radius 3 is 3.11 bits per heavy atom. The molecule has 4 rings (SSSR count). The van der Waals surface area contributed by atoms with Crippen molar-refractivity contribution in [3.63, 3.8) is 0 Å². The Hall–Kier alpha value is -1.29. The van der Waals surface area contributed by atoms with E-state index in [1.165, 1.54) is 47.5 Å². The molecular weight excluding hydrogens is 254 g/mol. The van der Waals surface area contributed by atoms with Crippen LogP contribution in [0.1, 0.15) is 47.0 Å². The van der Waals surface area contributed by atoms with Gasteiger partial charge < -0.3 is 0 Å². The molecule has 0 aromatic carbocycles. The first-order valence-corrected chi connectivity index (χ1v) is 8.00. The summed E-state index contributed by atoms with van der Waals surface area (Å²) in [6.07, 6.45) is 11.1. The molecule has 2 aliphatic carbocycles. The summed E-state index contributed by atoms with van der Waals surface area (Å²) < 4.78 is 0. The van der Waals surface area contributed by atoms with Crippen molar-refractivity contribution in [3.05, 3.63) is 39.9 Å². The Kier molecular flexibility index (Phi) is 2.84. The fraction of sp³-hybridized carbons (Fsp3) is 0.533. The molecule has 3 nitrogen and oxygen atoms in total. The zero-order valence-corrected chi connectivity index (χ0v) is 11.7. The molecular formula is C15H17N3S. The van der Waals surface area contributed by atoms with Gasteiger partial charge in [-0.3, -0.25) is 0 Å². The zero-order valence-electron chi connectivity index (χ0n) is 10.9. The highest BCUT2D eigenvalue weighted by molar-refractivity contribution is 7.09. The molecule has 2 heterocycles. The molecule has 4 heteroatoms. The minimum absolute atomic E-state index is 0.653. The van der Waals surface area contributed by atoms with Gasteiger partial charge in [-0.1, -0.05) is 0 Å². The summed E-state index contributed by atoms with van der Waals surface area (Å²) in [7, 11) is 0. The standard InChI is InChI=1S/C15H17N3S/c1-2-11(12-7-16-8-17-13(12)3-1)10-4-5-15-14(6-10)18-9-19-15/h7-11H,1-6H2. The average Bonchev–Trinajstić information content (AvgIpc) is 2.94. The molecule has 0 saturated heterocycles. The predicted octanol–water partition coefficient (Wildman–Crippen LogP) is 3.16. The Morgan fingerprint density at radius 2 is 2.11 bits per heavy atom. The van der Waals surface area contributed by atoms with Gasteiger partial charge in [-0.25, -0.2) is 15.0 Å². The van der Waals surface area contributed by atoms with Crippen LogP contribution in [0.5, 0.6) is 0 Å². The first kappa shape index (κ1) is 11.5. The molecule has 19 heavy (non-hydrogen) atoms. The molecule has 2 aromatic heterocycles. The van der Waals surface area contributed by atoms with Crippen LogP contribution in [0.25, 0.3) is 0 Å².